The summed E-state index contributed by atoms with van der Waals surface area (Å²) in [6.45, 7) is 0.219. The van der Waals surface area contributed by atoms with Gasteiger partial charge in [-0.25, -0.2) is 0 Å². The number of methoxy groups -OCH3 is 2. The highest BCUT2D eigenvalue weighted by Gasteiger charge is 2.22. The smallest absolute Gasteiger partial charge is 0.267 e. The van der Waals surface area contributed by atoms with Crippen LogP contribution < -0.4 is 19.8 Å². The van der Waals surface area contributed by atoms with Crippen LogP contribution in [0.2, 0.25) is 10.0 Å². The predicted molar refractivity (Wildman–Crippen MR) is 139 cm³/mol. The average molecular weight is 505 g/mol. The third kappa shape index (κ3) is 3.17. The monoisotopic (exact) mass is 504 g/mol. The molecule has 0 amide bonds. The summed E-state index contributed by atoms with van der Waals surface area (Å²) in [6, 6.07) is 16.5. The van der Waals surface area contributed by atoms with Crippen molar-refractivity contribution in [2.75, 3.05) is 14.2 Å². The van der Waals surface area contributed by atoms with E-state index in [1.165, 1.54) is 7.11 Å². The fourth-order valence-corrected chi connectivity index (χ4v) is 5.22. The molecule has 6 rings (SSSR count). The highest BCUT2D eigenvalue weighted by molar-refractivity contribution is 6.36. The molecule has 0 fully saturated rings. The number of hydrogen-bond donors (Lipinski definition) is 0. The lowest BCUT2D eigenvalue weighted by Crippen LogP contribution is -2.14. The van der Waals surface area contributed by atoms with Gasteiger partial charge in [-0.3, -0.25) is 14.2 Å². The van der Waals surface area contributed by atoms with E-state index in [0.29, 0.717) is 43.6 Å². The van der Waals surface area contributed by atoms with Gasteiger partial charge in [-0.15, -0.1) is 0 Å². The quantitative estimate of drug-likeness (QED) is 0.251. The summed E-state index contributed by atoms with van der Waals surface area (Å²) in [5, 5.41) is 4.00. The molecular weight excluding hydrogens is 487 g/mol. The lowest BCUT2D eigenvalue weighted by atomic mass is 10.1. The maximum Gasteiger partial charge on any atom is 0.267 e. The summed E-state index contributed by atoms with van der Waals surface area (Å²) in [4.78, 5) is 18.5. The van der Waals surface area contributed by atoms with Gasteiger partial charge in [0.1, 0.15) is 12.4 Å². The maximum atomic E-state index is 13.8. The molecule has 0 aliphatic heterocycles. The third-order valence-electron chi connectivity index (χ3n) is 6.31. The van der Waals surface area contributed by atoms with Gasteiger partial charge >= 0.3 is 0 Å². The van der Waals surface area contributed by atoms with Crippen molar-refractivity contribution in [2.45, 2.75) is 6.61 Å². The lowest BCUT2D eigenvalue weighted by Gasteiger charge is -2.12. The normalized spacial score (nSPS) is 11.7. The van der Waals surface area contributed by atoms with Crippen LogP contribution in [0.3, 0.4) is 0 Å². The van der Waals surface area contributed by atoms with Crippen molar-refractivity contribution in [1.82, 2.24) is 9.38 Å². The van der Waals surface area contributed by atoms with Crippen LogP contribution in [0.25, 0.3) is 38.1 Å². The Labute approximate surface area is 209 Å². The Kier molecular flexibility index (Phi) is 5.09. The molecule has 6 nitrogen and oxygen atoms in total. The van der Waals surface area contributed by atoms with Crippen LogP contribution in [0, 0.1) is 0 Å². The fraction of sp³-hybridized carbons (Fsp3) is 0.111. The molecule has 3 heterocycles. The zero-order chi connectivity index (χ0) is 24.3. The van der Waals surface area contributed by atoms with Gasteiger partial charge in [0.25, 0.3) is 5.56 Å². The number of hydrogen-bond acceptors (Lipinski definition) is 5. The Morgan fingerprint density at radius 3 is 2.46 bits per heavy atom. The number of benzene rings is 3. The van der Waals surface area contributed by atoms with Crippen LogP contribution in [0.4, 0.5) is 0 Å². The summed E-state index contributed by atoms with van der Waals surface area (Å²) in [5.74, 6) is 1.51. The van der Waals surface area contributed by atoms with Gasteiger partial charge in [0.2, 0.25) is 0 Å². The van der Waals surface area contributed by atoms with Crippen LogP contribution in [0.1, 0.15) is 5.56 Å². The summed E-state index contributed by atoms with van der Waals surface area (Å²) in [6.07, 6.45) is 1.74. The fourth-order valence-electron chi connectivity index (χ4n) is 4.72. The van der Waals surface area contributed by atoms with Crippen LogP contribution in [-0.2, 0) is 6.61 Å². The minimum absolute atomic E-state index is 0.201. The van der Waals surface area contributed by atoms with Crippen LogP contribution >= 0.6 is 23.2 Å². The molecule has 0 N–H and O–H groups in total. The molecule has 0 aliphatic rings. The van der Waals surface area contributed by atoms with E-state index in [0.717, 1.165) is 27.4 Å². The third-order valence-corrected chi connectivity index (χ3v) is 7.02. The number of pyridine rings is 2. The van der Waals surface area contributed by atoms with Crippen molar-refractivity contribution < 1.29 is 14.2 Å². The molecule has 174 valence electrons. The van der Waals surface area contributed by atoms with Crippen molar-refractivity contribution >= 4 is 61.3 Å². The number of nitrogens with zero attached hydrogens (tertiary/aromatic N) is 2. The zero-order valence-electron chi connectivity index (χ0n) is 18.8. The molecule has 0 saturated carbocycles. The minimum Gasteiger partial charge on any atom is -0.493 e. The van der Waals surface area contributed by atoms with Gasteiger partial charge in [0.15, 0.2) is 11.5 Å². The number of rotatable bonds is 5. The first-order valence-electron chi connectivity index (χ1n) is 10.8. The summed E-state index contributed by atoms with van der Waals surface area (Å²) in [5.41, 5.74) is 2.72. The molecule has 8 heteroatoms. The van der Waals surface area contributed by atoms with E-state index in [9.17, 15) is 4.79 Å². The highest BCUT2D eigenvalue weighted by Crippen LogP contribution is 2.39. The predicted octanol–water partition coefficient (Wildman–Crippen LogP) is 6.49. The van der Waals surface area contributed by atoms with Gasteiger partial charge in [0.05, 0.1) is 36.2 Å². The van der Waals surface area contributed by atoms with Crippen molar-refractivity contribution in [1.29, 1.82) is 0 Å². The number of aromatic nitrogens is 2. The molecule has 3 aromatic heterocycles. The highest BCUT2D eigenvalue weighted by atomic mass is 35.5. The molecule has 0 unspecified atom stereocenters. The molecule has 0 bridgehead atoms. The number of ether oxygens (including phenoxy) is 3. The van der Waals surface area contributed by atoms with E-state index < -0.39 is 0 Å². The Morgan fingerprint density at radius 1 is 0.914 bits per heavy atom. The second-order valence-corrected chi connectivity index (χ2v) is 8.90. The first kappa shape index (κ1) is 21.8. The minimum atomic E-state index is -0.201. The van der Waals surface area contributed by atoms with Crippen molar-refractivity contribution in [2.24, 2.45) is 0 Å². The molecule has 35 heavy (non-hydrogen) atoms. The Hall–Kier alpha value is -3.74. The van der Waals surface area contributed by atoms with E-state index in [1.807, 2.05) is 30.3 Å². The van der Waals surface area contributed by atoms with E-state index >= 15 is 0 Å². The Bertz CT molecular complexity index is 1810. The zero-order valence-corrected chi connectivity index (χ0v) is 20.3. The topological polar surface area (TPSA) is 62.1 Å². The second-order valence-electron chi connectivity index (χ2n) is 8.09. The summed E-state index contributed by atoms with van der Waals surface area (Å²) < 4.78 is 18.7. The van der Waals surface area contributed by atoms with Gasteiger partial charge in [0, 0.05) is 38.0 Å². The van der Waals surface area contributed by atoms with Gasteiger partial charge in [-0.1, -0.05) is 29.3 Å². The van der Waals surface area contributed by atoms with Crippen molar-refractivity contribution in [3.8, 4) is 17.2 Å². The van der Waals surface area contributed by atoms with E-state index in [1.54, 1.807) is 42.0 Å². The van der Waals surface area contributed by atoms with E-state index in [-0.39, 0.29) is 12.2 Å². The lowest BCUT2D eigenvalue weighted by molar-refractivity contribution is 0.307. The van der Waals surface area contributed by atoms with Crippen molar-refractivity contribution in [3.63, 3.8) is 0 Å². The molecule has 0 spiro atoms. The molecule has 3 aromatic carbocycles. The largest absolute Gasteiger partial charge is 0.493 e. The maximum absolute atomic E-state index is 13.8. The summed E-state index contributed by atoms with van der Waals surface area (Å²) >= 11 is 12.6. The van der Waals surface area contributed by atoms with Gasteiger partial charge in [-0.05, 0) is 48.5 Å². The molecule has 0 radical (unpaired) electrons. The van der Waals surface area contributed by atoms with E-state index in [4.69, 9.17) is 37.4 Å². The molecular formula is C27H18Cl2N2O4. The molecule has 0 atom stereocenters. The molecule has 0 aliphatic carbocycles. The van der Waals surface area contributed by atoms with Crippen LogP contribution in [0.5, 0.6) is 17.2 Å². The first-order chi connectivity index (χ1) is 17.0. The van der Waals surface area contributed by atoms with Gasteiger partial charge < -0.3 is 14.2 Å². The number of fused-ring (bicyclic) bond motifs is 5. The second kappa shape index (κ2) is 8.18. The van der Waals surface area contributed by atoms with Crippen molar-refractivity contribution in [3.05, 3.63) is 86.8 Å². The first-order valence-corrected chi connectivity index (χ1v) is 11.6. The molecule has 6 aromatic rings. The summed E-state index contributed by atoms with van der Waals surface area (Å²) in [7, 11) is 3.07. The Balaban J connectivity index is 1.60. The SMILES string of the molecule is COc1ccc2c(c1OC)c(=O)n1c3ccc(OCc4c(Cl)cccc4Cl)cc3c3ccnc2c31. The Morgan fingerprint density at radius 2 is 1.71 bits per heavy atom. The molecule has 0 saturated heterocycles. The van der Waals surface area contributed by atoms with Gasteiger partial charge in [-0.2, -0.15) is 0 Å². The van der Waals surface area contributed by atoms with E-state index in [2.05, 4.69) is 4.98 Å². The number of halogens is 2. The van der Waals surface area contributed by atoms with Crippen LogP contribution in [-0.4, -0.2) is 23.6 Å². The standard InChI is InChI=1S/C27H18Cl2N2O4/c1-33-22-9-7-16-23(26(22)34-2)27(32)31-21-8-6-14(35-13-18-19(28)4-3-5-20(18)29)12-17(21)15-10-11-30-24(16)25(15)31/h3-12H,13H2,1-2H3. The average Bonchev–Trinajstić information content (AvgIpc) is 3.21. The van der Waals surface area contributed by atoms with Crippen LogP contribution in [0.15, 0.2) is 65.6 Å².